The van der Waals surface area contributed by atoms with Gasteiger partial charge in [0.15, 0.2) is 0 Å². The SMILES string of the molecule is COC(=O)[C@@H]1CCCN(C(=O)[C@H](Cc2cccc(O)c2)NC(=O)C(NC(=O)CN2C(=O)C=CC2=O)C(C)C)N1. The molecule has 2 aliphatic heterocycles. The van der Waals surface area contributed by atoms with Crippen molar-refractivity contribution < 1.29 is 38.6 Å². The Hall–Kier alpha value is -4.26. The van der Waals surface area contributed by atoms with Gasteiger partial charge in [-0.15, -0.1) is 0 Å². The molecule has 39 heavy (non-hydrogen) atoms. The quantitative estimate of drug-likeness (QED) is 0.217. The van der Waals surface area contributed by atoms with Gasteiger partial charge in [0.1, 0.15) is 30.4 Å². The number of nitrogens with one attached hydrogen (secondary N) is 3. The van der Waals surface area contributed by atoms with Crippen molar-refractivity contribution in [2.45, 2.75) is 51.2 Å². The minimum Gasteiger partial charge on any atom is -0.508 e. The van der Waals surface area contributed by atoms with Crippen molar-refractivity contribution in [3.05, 3.63) is 42.0 Å². The molecule has 1 fully saturated rings. The molecule has 1 saturated heterocycles. The van der Waals surface area contributed by atoms with Crippen LogP contribution in [-0.4, -0.2) is 88.8 Å². The summed E-state index contributed by atoms with van der Waals surface area (Å²) in [5.74, 6) is -4.10. The van der Waals surface area contributed by atoms with Crippen LogP contribution in [0.5, 0.6) is 5.75 Å². The average molecular weight is 544 g/mol. The van der Waals surface area contributed by atoms with Crippen LogP contribution in [0.25, 0.3) is 0 Å². The molecular formula is C26H33N5O8. The number of methoxy groups -OCH3 is 1. The number of rotatable bonds is 10. The van der Waals surface area contributed by atoms with Gasteiger partial charge in [-0.05, 0) is 36.5 Å². The summed E-state index contributed by atoms with van der Waals surface area (Å²) < 4.78 is 4.78. The lowest BCUT2D eigenvalue weighted by molar-refractivity contribution is -0.151. The van der Waals surface area contributed by atoms with Gasteiger partial charge >= 0.3 is 5.97 Å². The maximum Gasteiger partial charge on any atom is 0.324 e. The van der Waals surface area contributed by atoms with E-state index in [0.29, 0.717) is 18.4 Å². The Bertz CT molecular complexity index is 1150. The molecule has 1 aromatic rings. The third kappa shape index (κ3) is 7.63. The molecule has 3 atom stereocenters. The lowest BCUT2D eigenvalue weighted by Gasteiger charge is -2.35. The molecular weight excluding hydrogens is 510 g/mol. The Morgan fingerprint density at radius 2 is 1.82 bits per heavy atom. The fourth-order valence-corrected chi connectivity index (χ4v) is 4.31. The van der Waals surface area contributed by atoms with Crippen LogP contribution < -0.4 is 16.1 Å². The van der Waals surface area contributed by atoms with Crippen molar-refractivity contribution in [3.8, 4) is 5.75 Å². The van der Waals surface area contributed by atoms with E-state index in [9.17, 15) is 33.9 Å². The highest BCUT2D eigenvalue weighted by atomic mass is 16.5. The Morgan fingerprint density at radius 1 is 1.13 bits per heavy atom. The van der Waals surface area contributed by atoms with E-state index in [1.165, 1.54) is 24.3 Å². The monoisotopic (exact) mass is 543 g/mol. The van der Waals surface area contributed by atoms with Crippen molar-refractivity contribution in [1.82, 2.24) is 26.0 Å². The van der Waals surface area contributed by atoms with Crippen LogP contribution in [0.2, 0.25) is 0 Å². The molecule has 13 nitrogen and oxygen atoms in total. The zero-order valence-corrected chi connectivity index (χ0v) is 22.0. The van der Waals surface area contributed by atoms with E-state index in [1.54, 1.807) is 26.0 Å². The Labute approximate surface area is 225 Å². The molecule has 0 bridgehead atoms. The number of esters is 1. The molecule has 1 aromatic carbocycles. The molecule has 2 aliphatic rings. The number of amides is 5. The minimum absolute atomic E-state index is 0.0142. The van der Waals surface area contributed by atoms with E-state index in [0.717, 1.165) is 17.1 Å². The van der Waals surface area contributed by atoms with Crippen molar-refractivity contribution in [2.24, 2.45) is 5.92 Å². The molecule has 210 valence electrons. The Balaban J connectivity index is 1.76. The zero-order valence-electron chi connectivity index (χ0n) is 22.0. The zero-order chi connectivity index (χ0) is 28.7. The van der Waals surface area contributed by atoms with E-state index in [2.05, 4.69) is 16.1 Å². The van der Waals surface area contributed by atoms with Crippen LogP contribution in [0, 0.1) is 5.92 Å². The fraction of sp³-hybridized carbons (Fsp3) is 0.462. The number of hydrogen-bond acceptors (Lipinski definition) is 9. The Morgan fingerprint density at radius 3 is 2.44 bits per heavy atom. The number of aromatic hydroxyl groups is 1. The van der Waals surface area contributed by atoms with Gasteiger partial charge in [0.2, 0.25) is 11.8 Å². The second-order valence-electron chi connectivity index (χ2n) is 9.66. The van der Waals surface area contributed by atoms with Crippen molar-refractivity contribution in [1.29, 1.82) is 0 Å². The maximum absolute atomic E-state index is 13.6. The van der Waals surface area contributed by atoms with Crippen LogP contribution in [0.4, 0.5) is 0 Å². The predicted molar refractivity (Wildman–Crippen MR) is 136 cm³/mol. The molecule has 3 rings (SSSR count). The van der Waals surface area contributed by atoms with Gasteiger partial charge in [0.05, 0.1) is 7.11 Å². The predicted octanol–water partition coefficient (Wildman–Crippen LogP) is -0.846. The number of hydrogen-bond donors (Lipinski definition) is 4. The molecule has 0 saturated carbocycles. The van der Waals surface area contributed by atoms with Crippen LogP contribution in [0.15, 0.2) is 36.4 Å². The summed E-state index contributed by atoms with van der Waals surface area (Å²) in [6.45, 7) is 3.11. The number of nitrogens with zero attached hydrogens (tertiary/aromatic N) is 2. The topological polar surface area (TPSA) is 174 Å². The van der Waals surface area contributed by atoms with E-state index < -0.39 is 66.1 Å². The third-order valence-electron chi connectivity index (χ3n) is 6.37. The second-order valence-corrected chi connectivity index (χ2v) is 9.66. The summed E-state index contributed by atoms with van der Waals surface area (Å²) in [6.07, 6.45) is 3.12. The van der Waals surface area contributed by atoms with Crippen molar-refractivity contribution in [2.75, 3.05) is 20.2 Å². The number of carbonyl (C=O) groups is 6. The number of imide groups is 1. The molecule has 1 unspecified atom stereocenters. The number of phenolic OH excluding ortho intramolecular Hbond substituents is 1. The number of benzene rings is 1. The smallest absolute Gasteiger partial charge is 0.324 e. The van der Waals surface area contributed by atoms with Gasteiger partial charge in [-0.1, -0.05) is 26.0 Å². The second kappa shape index (κ2) is 13.0. The highest BCUT2D eigenvalue weighted by Crippen LogP contribution is 2.16. The molecule has 4 N–H and O–H groups in total. The molecule has 0 radical (unpaired) electrons. The largest absolute Gasteiger partial charge is 0.508 e. The standard InChI is InChI=1S/C26H33N5O8/c1-15(2)23(28-20(33)14-30-21(34)9-10-22(30)35)24(36)27-19(13-16-6-4-7-17(32)12-16)25(37)31-11-5-8-18(29-31)26(38)39-3/h4,6-7,9-10,12,15,18-19,23,29,32H,5,8,11,13-14H2,1-3H3,(H,27,36)(H,28,33)/t18-,19-,23?/m0/s1. The molecule has 0 aliphatic carbocycles. The first-order valence-electron chi connectivity index (χ1n) is 12.6. The summed E-state index contributed by atoms with van der Waals surface area (Å²) in [5, 5.41) is 16.4. The maximum atomic E-state index is 13.6. The van der Waals surface area contributed by atoms with E-state index in [1.807, 2.05) is 0 Å². The van der Waals surface area contributed by atoms with Gasteiger partial charge in [-0.2, -0.15) is 0 Å². The lowest BCUT2D eigenvalue weighted by Crippen LogP contribution is -2.62. The third-order valence-corrected chi connectivity index (χ3v) is 6.37. The summed E-state index contributed by atoms with van der Waals surface area (Å²) in [6, 6.07) is 3.30. The fourth-order valence-electron chi connectivity index (χ4n) is 4.31. The summed E-state index contributed by atoms with van der Waals surface area (Å²) in [7, 11) is 1.25. The highest BCUT2D eigenvalue weighted by molar-refractivity contribution is 6.14. The Kier molecular flexibility index (Phi) is 9.77. The van der Waals surface area contributed by atoms with E-state index in [4.69, 9.17) is 4.74 Å². The van der Waals surface area contributed by atoms with Gasteiger partial charge in [0, 0.05) is 25.1 Å². The van der Waals surface area contributed by atoms with Crippen LogP contribution in [0.1, 0.15) is 32.3 Å². The number of carbonyl (C=O) groups excluding carboxylic acids is 6. The molecule has 5 amide bonds. The van der Waals surface area contributed by atoms with Gasteiger partial charge in [-0.25, -0.2) is 5.43 Å². The summed E-state index contributed by atoms with van der Waals surface area (Å²) >= 11 is 0. The van der Waals surface area contributed by atoms with Crippen LogP contribution >= 0.6 is 0 Å². The van der Waals surface area contributed by atoms with E-state index in [-0.39, 0.29) is 18.7 Å². The number of hydrazine groups is 1. The normalized spacial score (nSPS) is 18.6. The van der Waals surface area contributed by atoms with Crippen LogP contribution in [-0.2, 0) is 39.9 Å². The molecule has 0 spiro atoms. The summed E-state index contributed by atoms with van der Waals surface area (Å²) in [4.78, 5) is 75.9. The first kappa shape index (κ1) is 29.3. The molecule has 0 aromatic heterocycles. The first-order chi connectivity index (χ1) is 18.5. The first-order valence-corrected chi connectivity index (χ1v) is 12.6. The van der Waals surface area contributed by atoms with Gasteiger partial charge in [-0.3, -0.25) is 38.7 Å². The number of ether oxygens (including phenoxy) is 1. The highest BCUT2D eigenvalue weighted by Gasteiger charge is 2.35. The summed E-state index contributed by atoms with van der Waals surface area (Å²) in [5.41, 5.74) is 3.42. The average Bonchev–Trinajstić information content (AvgIpc) is 3.22. The molecule has 2 heterocycles. The van der Waals surface area contributed by atoms with Crippen molar-refractivity contribution in [3.63, 3.8) is 0 Å². The van der Waals surface area contributed by atoms with Gasteiger partial charge < -0.3 is 20.5 Å². The molecule has 13 heteroatoms. The van der Waals surface area contributed by atoms with Crippen LogP contribution in [0.3, 0.4) is 0 Å². The van der Waals surface area contributed by atoms with Gasteiger partial charge in [0.25, 0.3) is 17.7 Å². The minimum atomic E-state index is -1.12. The number of phenols is 1. The lowest BCUT2D eigenvalue weighted by atomic mass is 10.00. The van der Waals surface area contributed by atoms with Crippen molar-refractivity contribution >= 4 is 35.5 Å². The van der Waals surface area contributed by atoms with E-state index >= 15 is 0 Å².